The van der Waals surface area contributed by atoms with Gasteiger partial charge in [-0.1, -0.05) is 6.07 Å². The lowest BCUT2D eigenvalue weighted by Crippen LogP contribution is -2.41. The molecular formula is C18H13F2N3O5. The van der Waals surface area contributed by atoms with Crippen molar-refractivity contribution in [2.24, 2.45) is 0 Å². The summed E-state index contributed by atoms with van der Waals surface area (Å²) in [7, 11) is 0. The average Bonchev–Trinajstić information content (AvgIpc) is 2.86. The van der Waals surface area contributed by atoms with Crippen LogP contribution in [0, 0.1) is 21.7 Å². The van der Waals surface area contributed by atoms with Crippen LogP contribution in [0.1, 0.15) is 39.2 Å². The van der Waals surface area contributed by atoms with Crippen molar-refractivity contribution in [1.29, 1.82) is 0 Å². The Kier molecular flexibility index (Phi) is 4.87. The first-order valence-corrected chi connectivity index (χ1v) is 8.08. The number of carbonyl (C=O) groups excluding carboxylic acids is 3. The summed E-state index contributed by atoms with van der Waals surface area (Å²) in [5, 5.41) is 13.3. The van der Waals surface area contributed by atoms with Gasteiger partial charge in [0.15, 0.2) is 0 Å². The van der Waals surface area contributed by atoms with Crippen molar-refractivity contribution in [3.05, 3.63) is 74.8 Å². The van der Waals surface area contributed by atoms with Crippen LogP contribution in [0.4, 0.5) is 14.5 Å². The molecule has 0 aromatic heterocycles. The van der Waals surface area contributed by atoms with Crippen LogP contribution in [0.25, 0.3) is 0 Å². The lowest BCUT2D eigenvalue weighted by molar-refractivity contribution is -0.384. The molecule has 28 heavy (non-hydrogen) atoms. The normalized spacial score (nSPS) is 14.0. The Morgan fingerprint density at radius 3 is 2.46 bits per heavy atom. The van der Waals surface area contributed by atoms with Gasteiger partial charge in [-0.15, -0.1) is 0 Å². The Bertz CT molecular complexity index is 1020. The lowest BCUT2D eigenvalue weighted by Gasteiger charge is -2.18. The first-order valence-electron chi connectivity index (χ1n) is 8.08. The van der Waals surface area contributed by atoms with Crippen molar-refractivity contribution in [2.75, 3.05) is 6.54 Å². The third-order valence-corrected chi connectivity index (χ3v) is 4.27. The molecule has 2 aromatic carbocycles. The van der Waals surface area contributed by atoms with Crippen LogP contribution in [0.15, 0.2) is 36.4 Å². The fourth-order valence-electron chi connectivity index (χ4n) is 2.90. The zero-order valence-electron chi connectivity index (χ0n) is 14.4. The molecule has 2 aromatic rings. The fraction of sp³-hybridized carbons (Fsp3) is 0.167. The Morgan fingerprint density at radius 2 is 1.82 bits per heavy atom. The van der Waals surface area contributed by atoms with Crippen molar-refractivity contribution in [2.45, 2.75) is 13.0 Å². The molecule has 144 valence electrons. The van der Waals surface area contributed by atoms with E-state index < -0.39 is 46.9 Å². The van der Waals surface area contributed by atoms with Gasteiger partial charge in [0.05, 0.1) is 22.1 Å². The molecule has 0 saturated carbocycles. The lowest BCUT2D eigenvalue weighted by atomic mass is 10.1. The quantitative estimate of drug-likeness (QED) is 0.480. The van der Waals surface area contributed by atoms with Crippen LogP contribution in [-0.2, 0) is 4.79 Å². The Hall–Kier alpha value is -3.69. The largest absolute Gasteiger partial charge is 0.348 e. The van der Waals surface area contributed by atoms with Crippen LogP contribution >= 0.6 is 0 Å². The molecule has 1 atom stereocenters. The van der Waals surface area contributed by atoms with Crippen molar-refractivity contribution in [3.63, 3.8) is 0 Å². The molecule has 0 unspecified atom stereocenters. The summed E-state index contributed by atoms with van der Waals surface area (Å²) in [4.78, 5) is 47.7. The topological polar surface area (TPSA) is 110 Å². The molecule has 1 heterocycles. The number of fused-ring (bicyclic) bond motifs is 1. The van der Waals surface area contributed by atoms with Crippen LogP contribution in [-0.4, -0.2) is 34.1 Å². The van der Waals surface area contributed by atoms with Crippen molar-refractivity contribution in [3.8, 4) is 0 Å². The first kappa shape index (κ1) is 19.1. The van der Waals surface area contributed by atoms with Crippen LogP contribution in [0.5, 0.6) is 0 Å². The van der Waals surface area contributed by atoms with Gasteiger partial charge >= 0.3 is 0 Å². The van der Waals surface area contributed by atoms with E-state index in [0.717, 1.165) is 24.3 Å². The smallest absolute Gasteiger partial charge is 0.270 e. The van der Waals surface area contributed by atoms with Gasteiger partial charge in [0, 0.05) is 23.8 Å². The van der Waals surface area contributed by atoms with E-state index in [1.54, 1.807) is 0 Å². The van der Waals surface area contributed by atoms with Gasteiger partial charge in [-0.3, -0.25) is 29.4 Å². The van der Waals surface area contributed by atoms with Crippen LogP contribution < -0.4 is 5.32 Å². The van der Waals surface area contributed by atoms with Gasteiger partial charge in [0.2, 0.25) is 5.91 Å². The molecule has 8 nitrogen and oxygen atoms in total. The van der Waals surface area contributed by atoms with Crippen molar-refractivity contribution < 1.29 is 28.1 Å². The summed E-state index contributed by atoms with van der Waals surface area (Å²) in [6.07, 6.45) is 0. The highest BCUT2D eigenvalue weighted by atomic mass is 19.1. The molecule has 10 heteroatoms. The highest BCUT2D eigenvalue weighted by Crippen LogP contribution is 2.26. The average molecular weight is 389 g/mol. The number of benzene rings is 2. The number of hydrogen-bond acceptors (Lipinski definition) is 5. The molecule has 3 rings (SSSR count). The first-order chi connectivity index (χ1) is 13.2. The summed E-state index contributed by atoms with van der Waals surface area (Å²) in [5.41, 5.74) is -0.523. The number of nitrogens with zero attached hydrogens (tertiary/aromatic N) is 2. The second-order valence-electron chi connectivity index (χ2n) is 6.14. The van der Waals surface area contributed by atoms with E-state index >= 15 is 0 Å². The van der Waals surface area contributed by atoms with Gasteiger partial charge in [0.1, 0.15) is 18.2 Å². The van der Waals surface area contributed by atoms with Gasteiger partial charge in [-0.2, -0.15) is 0 Å². The Morgan fingerprint density at radius 1 is 1.14 bits per heavy atom. The standard InChI is InChI=1S/C18H13F2N3O5/c1-9(12-4-2-10(19)6-15(12)20)21-16(24)8-22-17(25)13-5-3-11(23(27)28)7-14(13)18(22)26/h2-7,9H,8H2,1H3,(H,21,24)/t9-/m0/s1. The zero-order valence-corrected chi connectivity index (χ0v) is 14.4. The van der Waals surface area contributed by atoms with E-state index in [-0.39, 0.29) is 22.4 Å². The van der Waals surface area contributed by atoms with Crippen LogP contribution in [0.3, 0.4) is 0 Å². The second kappa shape index (κ2) is 7.14. The van der Waals surface area contributed by atoms with Gasteiger partial charge in [0.25, 0.3) is 17.5 Å². The van der Waals surface area contributed by atoms with E-state index in [1.165, 1.54) is 13.0 Å². The predicted octanol–water partition coefficient (Wildman–Crippen LogP) is 2.35. The zero-order chi connectivity index (χ0) is 20.6. The molecule has 0 bridgehead atoms. The number of non-ortho nitro benzene ring substituents is 1. The molecule has 0 aliphatic carbocycles. The number of nitro benzene ring substituents is 1. The monoisotopic (exact) mass is 389 g/mol. The number of amides is 3. The number of rotatable bonds is 5. The number of nitro groups is 1. The molecule has 0 spiro atoms. The molecule has 0 fully saturated rings. The van der Waals surface area contributed by atoms with Gasteiger partial charge in [-0.25, -0.2) is 8.78 Å². The van der Waals surface area contributed by atoms with E-state index in [1.807, 2.05) is 0 Å². The predicted molar refractivity (Wildman–Crippen MR) is 91.4 cm³/mol. The molecule has 0 radical (unpaired) electrons. The fourth-order valence-corrected chi connectivity index (χ4v) is 2.90. The molecule has 3 amide bonds. The van der Waals surface area contributed by atoms with Crippen molar-refractivity contribution in [1.82, 2.24) is 10.2 Å². The molecule has 1 aliphatic heterocycles. The summed E-state index contributed by atoms with van der Waals surface area (Å²) >= 11 is 0. The minimum atomic E-state index is -0.846. The number of imide groups is 1. The van der Waals surface area contributed by atoms with Crippen LogP contribution in [0.2, 0.25) is 0 Å². The second-order valence-corrected chi connectivity index (χ2v) is 6.14. The molecule has 0 saturated heterocycles. The number of carbonyl (C=O) groups is 3. The minimum absolute atomic E-state index is 0.0349. The van der Waals surface area contributed by atoms with Crippen molar-refractivity contribution >= 4 is 23.4 Å². The number of nitrogens with one attached hydrogen (secondary N) is 1. The highest BCUT2D eigenvalue weighted by Gasteiger charge is 2.38. The maximum Gasteiger partial charge on any atom is 0.270 e. The minimum Gasteiger partial charge on any atom is -0.348 e. The summed E-state index contributed by atoms with van der Waals surface area (Å²) < 4.78 is 26.8. The van der Waals surface area contributed by atoms with E-state index in [2.05, 4.69) is 5.32 Å². The third kappa shape index (κ3) is 3.43. The number of hydrogen-bond donors (Lipinski definition) is 1. The van der Waals surface area contributed by atoms with Gasteiger partial charge in [-0.05, 0) is 19.1 Å². The molecule has 1 N–H and O–H groups in total. The Labute approximate surface area is 156 Å². The summed E-state index contributed by atoms with van der Waals surface area (Å²) in [5.74, 6) is -3.95. The van der Waals surface area contributed by atoms with E-state index in [0.29, 0.717) is 11.0 Å². The van der Waals surface area contributed by atoms with E-state index in [4.69, 9.17) is 0 Å². The molecular weight excluding hydrogens is 376 g/mol. The van der Waals surface area contributed by atoms with Gasteiger partial charge < -0.3 is 5.32 Å². The van der Waals surface area contributed by atoms with E-state index in [9.17, 15) is 33.3 Å². The maximum absolute atomic E-state index is 13.8. The summed E-state index contributed by atoms with van der Waals surface area (Å²) in [6, 6.07) is 5.27. The molecule has 1 aliphatic rings. The maximum atomic E-state index is 13.8. The number of halogens is 2. The Balaban J connectivity index is 1.73. The summed E-state index contributed by atoms with van der Waals surface area (Å²) in [6.45, 7) is 0.813. The SMILES string of the molecule is C[C@H](NC(=O)CN1C(=O)c2ccc([N+](=O)[O-])cc2C1=O)c1ccc(F)cc1F. The third-order valence-electron chi connectivity index (χ3n) is 4.27. The highest BCUT2D eigenvalue weighted by molar-refractivity contribution is 6.22.